The highest BCUT2D eigenvalue weighted by atomic mass is 79.9. The first kappa shape index (κ1) is 11.9. The molecule has 1 unspecified atom stereocenters. The van der Waals surface area contributed by atoms with Gasteiger partial charge in [-0.15, -0.1) is 0 Å². The fourth-order valence-corrected chi connectivity index (χ4v) is 2.57. The average Bonchev–Trinajstić information content (AvgIpc) is 2.26. The Labute approximate surface area is 105 Å². The van der Waals surface area contributed by atoms with Gasteiger partial charge in [0.1, 0.15) is 0 Å². The highest BCUT2D eigenvalue weighted by molar-refractivity contribution is 9.10. The lowest BCUT2D eigenvalue weighted by Gasteiger charge is -2.34. The summed E-state index contributed by atoms with van der Waals surface area (Å²) in [6, 6.07) is 6.57. The van der Waals surface area contributed by atoms with E-state index in [1.54, 1.807) is 0 Å². The SMILES string of the molecule is CC1CNCCN1Cc1c(N)cccc1Br. The molecule has 3 nitrogen and oxygen atoms in total. The molecule has 1 saturated heterocycles. The van der Waals surface area contributed by atoms with Crippen LogP contribution in [0.4, 0.5) is 5.69 Å². The molecular formula is C12H18BrN3. The van der Waals surface area contributed by atoms with Gasteiger partial charge in [0.25, 0.3) is 0 Å². The van der Waals surface area contributed by atoms with Gasteiger partial charge in [0, 0.05) is 47.9 Å². The number of nitrogens with two attached hydrogens (primary N) is 1. The Balaban J connectivity index is 2.13. The van der Waals surface area contributed by atoms with Gasteiger partial charge in [0.05, 0.1) is 0 Å². The molecule has 16 heavy (non-hydrogen) atoms. The van der Waals surface area contributed by atoms with Gasteiger partial charge in [-0.25, -0.2) is 0 Å². The lowest BCUT2D eigenvalue weighted by atomic mass is 10.1. The summed E-state index contributed by atoms with van der Waals surface area (Å²) in [5.41, 5.74) is 8.09. The molecule has 1 fully saturated rings. The van der Waals surface area contributed by atoms with E-state index in [2.05, 4.69) is 39.1 Å². The first-order valence-corrected chi connectivity index (χ1v) is 6.45. The molecule has 0 spiro atoms. The Morgan fingerprint density at radius 1 is 1.56 bits per heavy atom. The van der Waals surface area contributed by atoms with Crippen LogP contribution < -0.4 is 11.1 Å². The number of piperazine rings is 1. The topological polar surface area (TPSA) is 41.3 Å². The fourth-order valence-electron chi connectivity index (χ4n) is 2.06. The average molecular weight is 284 g/mol. The van der Waals surface area contributed by atoms with Crippen molar-refractivity contribution >= 4 is 21.6 Å². The van der Waals surface area contributed by atoms with Crippen LogP contribution in [-0.4, -0.2) is 30.6 Å². The van der Waals surface area contributed by atoms with E-state index in [1.807, 2.05) is 12.1 Å². The molecule has 1 aromatic carbocycles. The summed E-state index contributed by atoms with van der Waals surface area (Å²) in [6.45, 7) is 6.39. The minimum absolute atomic E-state index is 0.570. The number of nitrogens with zero attached hydrogens (tertiary/aromatic N) is 1. The molecule has 1 atom stereocenters. The van der Waals surface area contributed by atoms with E-state index in [-0.39, 0.29) is 0 Å². The predicted octanol–water partition coefficient (Wildman–Crippen LogP) is 1.82. The number of benzene rings is 1. The van der Waals surface area contributed by atoms with Crippen molar-refractivity contribution in [3.8, 4) is 0 Å². The van der Waals surface area contributed by atoms with Crippen LogP contribution >= 0.6 is 15.9 Å². The van der Waals surface area contributed by atoms with E-state index >= 15 is 0 Å². The van der Waals surface area contributed by atoms with Crippen LogP contribution in [0.25, 0.3) is 0 Å². The minimum Gasteiger partial charge on any atom is -0.398 e. The molecule has 0 aliphatic carbocycles. The second kappa shape index (κ2) is 5.17. The van der Waals surface area contributed by atoms with Gasteiger partial charge in [-0.1, -0.05) is 22.0 Å². The predicted molar refractivity (Wildman–Crippen MR) is 71.3 cm³/mol. The molecular weight excluding hydrogens is 266 g/mol. The van der Waals surface area contributed by atoms with Crippen LogP contribution in [0, 0.1) is 0 Å². The van der Waals surface area contributed by atoms with E-state index in [0.717, 1.165) is 36.3 Å². The zero-order chi connectivity index (χ0) is 11.5. The van der Waals surface area contributed by atoms with E-state index < -0.39 is 0 Å². The molecule has 0 bridgehead atoms. The van der Waals surface area contributed by atoms with Crippen molar-refractivity contribution < 1.29 is 0 Å². The van der Waals surface area contributed by atoms with Crippen molar-refractivity contribution in [1.29, 1.82) is 0 Å². The minimum atomic E-state index is 0.570. The van der Waals surface area contributed by atoms with E-state index in [0.29, 0.717) is 6.04 Å². The molecule has 0 radical (unpaired) electrons. The number of hydrogen-bond donors (Lipinski definition) is 2. The Hall–Kier alpha value is -0.580. The first-order valence-electron chi connectivity index (χ1n) is 5.66. The molecule has 1 heterocycles. The quantitative estimate of drug-likeness (QED) is 0.814. The smallest absolute Gasteiger partial charge is 0.0371 e. The summed E-state index contributed by atoms with van der Waals surface area (Å²) in [4.78, 5) is 2.47. The van der Waals surface area contributed by atoms with Crippen LogP contribution in [0.3, 0.4) is 0 Å². The fraction of sp³-hybridized carbons (Fsp3) is 0.500. The van der Waals surface area contributed by atoms with Crippen molar-refractivity contribution in [2.45, 2.75) is 19.5 Å². The molecule has 0 amide bonds. The summed E-state index contributed by atoms with van der Waals surface area (Å²) < 4.78 is 1.11. The van der Waals surface area contributed by atoms with Crippen LogP contribution in [-0.2, 0) is 6.54 Å². The molecule has 4 heteroatoms. The van der Waals surface area contributed by atoms with Gasteiger partial charge in [-0.2, -0.15) is 0 Å². The normalized spacial score (nSPS) is 22.2. The summed E-state index contributed by atoms with van der Waals surface area (Å²) in [6.07, 6.45) is 0. The Kier molecular flexibility index (Phi) is 3.84. The second-order valence-corrected chi connectivity index (χ2v) is 5.19. The largest absolute Gasteiger partial charge is 0.398 e. The van der Waals surface area contributed by atoms with E-state index in [1.165, 1.54) is 5.56 Å². The second-order valence-electron chi connectivity index (χ2n) is 4.33. The molecule has 1 aliphatic heterocycles. The standard InChI is InChI=1S/C12H18BrN3/c1-9-7-15-5-6-16(9)8-10-11(13)3-2-4-12(10)14/h2-4,9,15H,5-8,14H2,1H3. The zero-order valence-electron chi connectivity index (χ0n) is 9.54. The van der Waals surface area contributed by atoms with E-state index in [9.17, 15) is 0 Å². The number of anilines is 1. The zero-order valence-corrected chi connectivity index (χ0v) is 11.1. The van der Waals surface area contributed by atoms with Crippen LogP contribution in [0.5, 0.6) is 0 Å². The Bertz CT molecular complexity index is 347. The molecule has 1 aliphatic rings. The number of nitrogens with one attached hydrogen (secondary N) is 1. The summed E-state index contributed by atoms with van der Waals surface area (Å²) >= 11 is 3.57. The van der Waals surface area contributed by atoms with Gasteiger partial charge in [0.2, 0.25) is 0 Å². The van der Waals surface area contributed by atoms with Crippen LogP contribution in [0.2, 0.25) is 0 Å². The highest BCUT2D eigenvalue weighted by Gasteiger charge is 2.19. The van der Waals surface area contributed by atoms with Gasteiger partial charge < -0.3 is 11.1 Å². The van der Waals surface area contributed by atoms with Gasteiger partial charge in [-0.05, 0) is 19.1 Å². The third-order valence-electron chi connectivity index (χ3n) is 3.16. The van der Waals surface area contributed by atoms with Crippen molar-refractivity contribution in [1.82, 2.24) is 10.2 Å². The maximum absolute atomic E-state index is 6.01. The number of hydrogen-bond acceptors (Lipinski definition) is 3. The third kappa shape index (κ3) is 2.56. The maximum Gasteiger partial charge on any atom is 0.0371 e. The molecule has 1 aromatic rings. The lowest BCUT2D eigenvalue weighted by Crippen LogP contribution is -2.49. The van der Waals surface area contributed by atoms with Crippen molar-refractivity contribution in [3.05, 3.63) is 28.2 Å². The molecule has 2 rings (SSSR count). The Morgan fingerprint density at radius 3 is 3.06 bits per heavy atom. The third-order valence-corrected chi connectivity index (χ3v) is 3.90. The van der Waals surface area contributed by atoms with Crippen molar-refractivity contribution in [2.24, 2.45) is 0 Å². The lowest BCUT2D eigenvalue weighted by molar-refractivity contribution is 0.165. The van der Waals surface area contributed by atoms with Gasteiger partial charge in [-0.3, -0.25) is 4.90 Å². The highest BCUT2D eigenvalue weighted by Crippen LogP contribution is 2.24. The summed E-state index contributed by atoms with van der Waals surface area (Å²) in [5, 5.41) is 3.39. The molecule has 88 valence electrons. The van der Waals surface area contributed by atoms with Crippen LogP contribution in [0.15, 0.2) is 22.7 Å². The molecule has 3 N–H and O–H groups in total. The summed E-state index contributed by atoms with van der Waals surface area (Å²) in [7, 11) is 0. The first-order chi connectivity index (χ1) is 7.68. The number of halogens is 1. The van der Waals surface area contributed by atoms with Crippen molar-refractivity contribution in [2.75, 3.05) is 25.4 Å². The number of rotatable bonds is 2. The molecule has 0 saturated carbocycles. The van der Waals surface area contributed by atoms with Gasteiger partial charge >= 0.3 is 0 Å². The van der Waals surface area contributed by atoms with Crippen molar-refractivity contribution in [3.63, 3.8) is 0 Å². The summed E-state index contributed by atoms with van der Waals surface area (Å²) in [5.74, 6) is 0. The monoisotopic (exact) mass is 283 g/mol. The molecule has 0 aromatic heterocycles. The van der Waals surface area contributed by atoms with E-state index in [4.69, 9.17) is 5.73 Å². The number of nitrogen functional groups attached to an aromatic ring is 1. The van der Waals surface area contributed by atoms with Crippen LogP contribution in [0.1, 0.15) is 12.5 Å². The maximum atomic E-state index is 6.01. The van der Waals surface area contributed by atoms with Gasteiger partial charge in [0.15, 0.2) is 0 Å². The Morgan fingerprint density at radius 2 is 2.38 bits per heavy atom.